The van der Waals surface area contributed by atoms with Crippen molar-refractivity contribution >= 4 is 22.9 Å². The van der Waals surface area contributed by atoms with E-state index in [1.54, 1.807) is 6.92 Å². The molecule has 0 radical (unpaired) electrons. The maximum absolute atomic E-state index is 13.0. The zero-order valence-electron chi connectivity index (χ0n) is 19.4. The molecule has 7 nitrogen and oxygen atoms in total. The summed E-state index contributed by atoms with van der Waals surface area (Å²) in [6, 6.07) is 6.91. The lowest BCUT2D eigenvalue weighted by Crippen LogP contribution is -2.50. The Labute approximate surface area is 190 Å². The highest BCUT2D eigenvalue weighted by Gasteiger charge is 2.35. The second-order valence-electron chi connectivity index (χ2n) is 9.21. The number of nitrogens with zero attached hydrogens (tertiary/aromatic N) is 2. The first-order chi connectivity index (χ1) is 15.3. The molecule has 3 rings (SSSR count). The topological polar surface area (TPSA) is 98.2 Å². The Kier molecular flexibility index (Phi) is 7.79. The van der Waals surface area contributed by atoms with Crippen molar-refractivity contribution < 1.29 is 14.3 Å². The summed E-state index contributed by atoms with van der Waals surface area (Å²) in [7, 11) is 0. The minimum Gasteiger partial charge on any atom is -0.446 e. The molecule has 2 amide bonds. The third kappa shape index (κ3) is 5.42. The van der Waals surface area contributed by atoms with Gasteiger partial charge in [-0.25, -0.2) is 9.69 Å². The lowest BCUT2D eigenvalue weighted by Gasteiger charge is -2.36. The van der Waals surface area contributed by atoms with Gasteiger partial charge in [0.05, 0.1) is 0 Å². The molecule has 172 valence electrons. The summed E-state index contributed by atoms with van der Waals surface area (Å²) >= 11 is 0. The van der Waals surface area contributed by atoms with E-state index >= 15 is 0 Å². The van der Waals surface area contributed by atoms with Crippen LogP contribution >= 0.6 is 0 Å². The number of rotatable bonds is 7. The van der Waals surface area contributed by atoms with Gasteiger partial charge in [0.25, 0.3) is 5.91 Å². The van der Waals surface area contributed by atoms with Crippen LogP contribution in [0.3, 0.4) is 0 Å². The maximum atomic E-state index is 13.0. The molecule has 1 aromatic carbocycles. The van der Waals surface area contributed by atoms with E-state index in [0.717, 1.165) is 40.6 Å². The quantitative estimate of drug-likeness (QED) is 0.488. The molecule has 2 N–H and O–H groups in total. The normalized spacial score (nSPS) is 21.7. The number of amides is 2. The Morgan fingerprint density at radius 1 is 1.31 bits per heavy atom. The molecule has 0 spiro atoms. The van der Waals surface area contributed by atoms with E-state index in [2.05, 4.69) is 31.1 Å². The molecule has 0 bridgehead atoms. The number of fused-ring (bicyclic) bond motifs is 1. The minimum atomic E-state index is -0.889. The zero-order valence-corrected chi connectivity index (χ0v) is 19.4. The Morgan fingerprint density at radius 3 is 2.75 bits per heavy atom. The fourth-order valence-electron chi connectivity index (χ4n) is 4.75. The number of hydrogen-bond donors (Lipinski definition) is 2. The fraction of sp³-hybridized carbons (Fsp3) is 0.560. The van der Waals surface area contributed by atoms with E-state index in [1.165, 1.54) is 0 Å². The standard InChI is InChI=1S/C25H34N4O3/c1-5-29(15-26)24(30)22(13-18-14-27-21-9-7-6-8-20(18)21)28-25(31)32-23-12-17(4)10-11-19(23)16(2)3/h6-9,14,16-17,19,22-23,27H,5,10-13H2,1-4H3,(H,28,31). The van der Waals surface area contributed by atoms with Crippen LogP contribution in [0.15, 0.2) is 30.5 Å². The number of carbonyl (C=O) groups is 2. The molecule has 1 fully saturated rings. The first-order valence-corrected chi connectivity index (χ1v) is 11.6. The number of likely N-dealkylation sites (N-methyl/N-ethyl adjacent to an activating group) is 1. The number of alkyl carbamates (subject to hydrolysis) is 1. The summed E-state index contributed by atoms with van der Waals surface area (Å²) in [5.41, 5.74) is 1.86. The Balaban J connectivity index is 1.78. The van der Waals surface area contributed by atoms with Crippen LogP contribution in [0.25, 0.3) is 10.9 Å². The highest BCUT2D eigenvalue weighted by molar-refractivity contribution is 5.89. The van der Waals surface area contributed by atoms with E-state index in [-0.39, 0.29) is 19.1 Å². The smallest absolute Gasteiger partial charge is 0.408 e. The number of para-hydroxylation sites is 1. The number of benzene rings is 1. The van der Waals surface area contributed by atoms with Gasteiger partial charge in [-0.1, -0.05) is 45.4 Å². The van der Waals surface area contributed by atoms with E-state index < -0.39 is 18.0 Å². The number of H-pyrrole nitrogens is 1. The van der Waals surface area contributed by atoms with Gasteiger partial charge in [-0.05, 0) is 49.1 Å². The van der Waals surface area contributed by atoms with Gasteiger partial charge in [-0.3, -0.25) is 4.79 Å². The average molecular weight is 439 g/mol. The molecule has 1 saturated carbocycles. The molecule has 32 heavy (non-hydrogen) atoms. The van der Waals surface area contributed by atoms with Crippen LogP contribution in [-0.4, -0.2) is 40.6 Å². The third-order valence-corrected chi connectivity index (χ3v) is 6.61. The van der Waals surface area contributed by atoms with Gasteiger partial charge in [0, 0.05) is 30.1 Å². The highest BCUT2D eigenvalue weighted by Crippen LogP contribution is 2.35. The van der Waals surface area contributed by atoms with Gasteiger partial charge >= 0.3 is 6.09 Å². The number of aromatic amines is 1. The summed E-state index contributed by atoms with van der Waals surface area (Å²) in [6.45, 7) is 8.47. The predicted molar refractivity (Wildman–Crippen MR) is 124 cm³/mol. The van der Waals surface area contributed by atoms with Crippen molar-refractivity contribution in [3.63, 3.8) is 0 Å². The van der Waals surface area contributed by atoms with Crippen LogP contribution in [0, 0.1) is 29.2 Å². The van der Waals surface area contributed by atoms with Crippen LogP contribution in [-0.2, 0) is 16.0 Å². The number of aromatic nitrogens is 1. The summed E-state index contributed by atoms with van der Waals surface area (Å²) < 4.78 is 5.86. The molecule has 1 aliphatic rings. The molecule has 0 saturated heterocycles. The maximum Gasteiger partial charge on any atom is 0.408 e. The molecule has 4 atom stereocenters. The lowest BCUT2D eigenvalue weighted by molar-refractivity contribution is -0.130. The number of nitriles is 1. The monoisotopic (exact) mass is 438 g/mol. The van der Waals surface area contributed by atoms with E-state index in [0.29, 0.717) is 17.8 Å². The molecule has 1 aliphatic carbocycles. The first-order valence-electron chi connectivity index (χ1n) is 11.6. The highest BCUT2D eigenvalue weighted by atomic mass is 16.6. The zero-order chi connectivity index (χ0) is 23.3. The van der Waals surface area contributed by atoms with Crippen molar-refractivity contribution in [1.82, 2.24) is 15.2 Å². The predicted octanol–water partition coefficient (Wildman–Crippen LogP) is 4.60. The minimum absolute atomic E-state index is 0.166. The van der Waals surface area contributed by atoms with Crippen molar-refractivity contribution in [2.45, 2.75) is 65.5 Å². The molecule has 0 aliphatic heterocycles. The number of carbonyl (C=O) groups excluding carboxylic acids is 2. The lowest BCUT2D eigenvalue weighted by atomic mass is 9.75. The van der Waals surface area contributed by atoms with Crippen molar-refractivity contribution in [3.05, 3.63) is 36.0 Å². The molecule has 1 aromatic heterocycles. The second-order valence-corrected chi connectivity index (χ2v) is 9.21. The van der Waals surface area contributed by atoms with Crippen LogP contribution in [0.1, 0.15) is 52.5 Å². The van der Waals surface area contributed by atoms with E-state index in [1.807, 2.05) is 36.7 Å². The van der Waals surface area contributed by atoms with Crippen LogP contribution in [0.2, 0.25) is 0 Å². The number of nitrogens with one attached hydrogen (secondary N) is 2. The average Bonchev–Trinajstić information content (AvgIpc) is 3.16. The first kappa shape index (κ1) is 23.6. The largest absolute Gasteiger partial charge is 0.446 e. The van der Waals surface area contributed by atoms with Crippen LogP contribution < -0.4 is 5.32 Å². The van der Waals surface area contributed by atoms with Crippen molar-refractivity contribution in [2.75, 3.05) is 6.54 Å². The van der Waals surface area contributed by atoms with Gasteiger partial charge in [0.1, 0.15) is 12.1 Å². The van der Waals surface area contributed by atoms with Gasteiger partial charge in [-0.15, -0.1) is 0 Å². The molecular formula is C25H34N4O3. The summed E-state index contributed by atoms with van der Waals surface area (Å²) in [5.74, 6) is 0.791. The van der Waals surface area contributed by atoms with Crippen molar-refractivity contribution in [3.8, 4) is 6.19 Å². The van der Waals surface area contributed by atoms with Gasteiger partial charge in [0.15, 0.2) is 6.19 Å². The second kappa shape index (κ2) is 10.5. The summed E-state index contributed by atoms with van der Waals surface area (Å²) in [5, 5.41) is 13.1. The van der Waals surface area contributed by atoms with Crippen LogP contribution in [0.5, 0.6) is 0 Å². The third-order valence-electron chi connectivity index (χ3n) is 6.61. The molecule has 2 aromatic rings. The SMILES string of the molecule is CCN(C#N)C(=O)C(Cc1c[nH]c2ccccc12)NC(=O)OC1CC(C)CCC1C(C)C. The van der Waals surface area contributed by atoms with Crippen LogP contribution in [0.4, 0.5) is 4.79 Å². The Hall–Kier alpha value is -3.01. The number of hydrogen-bond acceptors (Lipinski definition) is 4. The van der Waals surface area contributed by atoms with Gasteiger partial charge < -0.3 is 15.0 Å². The summed E-state index contributed by atoms with van der Waals surface area (Å²) in [6.07, 6.45) is 6.27. The van der Waals surface area contributed by atoms with Gasteiger partial charge in [0.2, 0.25) is 0 Å². The Bertz CT molecular complexity index is 977. The molecule has 7 heteroatoms. The van der Waals surface area contributed by atoms with E-state index in [9.17, 15) is 14.9 Å². The van der Waals surface area contributed by atoms with Crippen molar-refractivity contribution in [2.24, 2.45) is 17.8 Å². The van der Waals surface area contributed by atoms with E-state index in [4.69, 9.17) is 4.74 Å². The van der Waals surface area contributed by atoms with Crippen molar-refractivity contribution in [1.29, 1.82) is 5.26 Å². The summed E-state index contributed by atoms with van der Waals surface area (Å²) in [4.78, 5) is 30.2. The number of ether oxygens (including phenoxy) is 1. The molecule has 1 heterocycles. The fourth-order valence-corrected chi connectivity index (χ4v) is 4.75. The van der Waals surface area contributed by atoms with Gasteiger partial charge in [-0.2, -0.15) is 5.26 Å². The Morgan fingerprint density at radius 2 is 2.06 bits per heavy atom. The molecule has 4 unspecified atom stereocenters. The molecular weight excluding hydrogens is 404 g/mol.